The van der Waals surface area contributed by atoms with Gasteiger partial charge in [-0.25, -0.2) is 4.79 Å². The molecule has 0 bridgehead atoms. The summed E-state index contributed by atoms with van der Waals surface area (Å²) in [6, 6.07) is 20.1. The van der Waals surface area contributed by atoms with Crippen LogP contribution in [-0.4, -0.2) is 29.2 Å². The number of hydrogen-bond acceptors (Lipinski definition) is 4. The van der Waals surface area contributed by atoms with Crippen molar-refractivity contribution in [1.29, 1.82) is 0 Å². The number of carboxylic acids is 1. The molecule has 0 amide bonds. The molecule has 0 saturated carbocycles. The molecule has 0 radical (unpaired) electrons. The highest BCUT2D eigenvalue weighted by Gasteiger charge is 2.33. The lowest BCUT2D eigenvalue weighted by atomic mass is 10.0. The van der Waals surface area contributed by atoms with Crippen LogP contribution in [0, 0.1) is 0 Å². The fourth-order valence-electron chi connectivity index (χ4n) is 4.14. The Bertz CT molecular complexity index is 1260. The van der Waals surface area contributed by atoms with Crippen LogP contribution >= 0.6 is 0 Å². The van der Waals surface area contributed by atoms with E-state index in [1.807, 2.05) is 36.4 Å². The van der Waals surface area contributed by atoms with E-state index in [0.717, 1.165) is 35.5 Å². The van der Waals surface area contributed by atoms with Crippen molar-refractivity contribution in [1.82, 2.24) is 0 Å². The van der Waals surface area contributed by atoms with Gasteiger partial charge >= 0.3 is 5.97 Å². The maximum atomic E-state index is 12.8. The molecule has 0 saturated heterocycles. The Morgan fingerprint density at radius 3 is 2.43 bits per heavy atom. The molecule has 2 aliphatic rings. The Morgan fingerprint density at radius 1 is 0.900 bits per heavy atom. The number of allylic oxidation sites excluding steroid dienone is 1. The number of anilines is 2. The number of carbonyl (C=O) groups excluding carboxylic acids is 2. The van der Waals surface area contributed by atoms with E-state index < -0.39 is 11.8 Å². The molecule has 0 fully saturated rings. The fraction of sp³-hybridized carbons (Fsp3) is 0.0800. The first-order valence-electron chi connectivity index (χ1n) is 9.67. The normalized spacial score (nSPS) is 16.1. The van der Waals surface area contributed by atoms with Crippen molar-refractivity contribution in [2.75, 3.05) is 11.4 Å². The number of para-hydroxylation sites is 1. The summed E-state index contributed by atoms with van der Waals surface area (Å²) in [4.78, 5) is 38.9. The number of nitrogens with zero attached hydrogens (tertiary/aromatic N) is 1. The zero-order valence-corrected chi connectivity index (χ0v) is 16.0. The lowest BCUT2D eigenvalue weighted by Gasteiger charge is -2.19. The predicted octanol–water partition coefficient (Wildman–Crippen LogP) is 4.54. The summed E-state index contributed by atoms with van der Waals surface area (Å²) in [5.41, 5.74) is 4.69. The van der Waals surface area contributed by atoms with Crippen LogP contribution in [0.4, 0.5) is 11.4 Å². The Balaban J connectivity index is 1.48. The molecule has 5 rings (SSSR count). The van der Waals surface area contributed by atoms with Gasteiger partial charge in [-0.3, -0.25) is 9.59 Å². The van der Waals surface area contributed by atoms with Crippen LogP contribution in [0.3, 0.4) is 0 Å². The molecule has 5 heteroatoms. The minimum absolute atomic E-state index is 0.00492. The van der Waals surface area contributed by atoms with Gasteiger partial charge in [0.15, 0.2) is 11.6 Å². The minimum Gasteiger partial charge on any atom is -0.478 e. The molecule has 146 valence electrons. The van der Waals surface area contributed by atoms with Crippen molar-refractivity contribution in [2.45, 2.75) is 6.42 Å². The summed E-state index contributed by atoms with van der Waals surface area (Å²) < 4.78 is 0. The first-order valence-corrected chi connectivity index (χ1v) is 9.67. The van der Waals surface area contributed by atoms with Crippen LogP contribution in [0.5, 0.6) is 0 Å². The summed E-state index contributed by atoms with van der Waals surface area (Å²) in [7, 11) is 0. The second-order valence-corrected chi connectivity index (χ2v) is 7.41. The van der Waals surface area contributed by atoms with Crippen molar-refractivity contribution in [3.05, 3.63) is 100 Å². The van der Waals surface area contributed by atoms with E-state index in [-0.39, 0.29) is 28.0 Å². The van der Waals surface area contributed by atoms with E-state index in [1.54, 1.807) is 6.08 Å². The Hall–Kier alpha value is -3.99. The first-order chi connectivity index (χ1) is 14.5. The van der Waals surface area contributed by atoms with Crippen LogP contribution < -0.4 is 4.90 Å². The second kappa shape index (κ2) is 6.81. The second-order valence-electron chi connectivity index (χ2n) is 7.41. The Morgan fingerprint density at radius 2 is 1.67 bits per heavy atom. The van der Waals surface area contributed by atoms with E-state index in [0.29, 0.717) is 0 Å². The topological polar surface area (TPSA) is 74.7 Å². The maximum Gasteiger partial charge on any atom is 0.335 e. The van der Waals surface area contributed by atoms with Crippen LogP contribution in [0.25, 0.3) is 6.08 Å². The number of fused-ring (bicyclic) bond motifs is 2. The number of hydrogen-bond donors (Lipinski definition) is 1. The molecule has 0 unspecified atom stereocenters. The van der Waals surface area contributed by atoms with Crippen LogP contribution in [-0.2, 0) is 6.42 Å². The summed E-state index contributed by atoms with van der Waals surface area (Å²) in [5, 5.41) is 9.15. The number of benzene rings is 3. The number of carbonyl (C=O) groups is 3. The highest BCUT2D eigenvalue weighted by atomic mass is 16.4. The highest BCUT2D eigenvalue weighted by Crippen LogP contribution is 2.36. The smallest absolute Gasteiger partial charge is 0.335 e. The number of Topliss-reactive ketones (excluding diaryl/α,β-unsaturated/α-hetero) is 2. The fourth-order valence-corrected chi connectivity index (χ4v) is 4.14. The molecule has 1 aliphatic heterocycles. The summed E-state index contributed by atoms with van der Waals surface area (Å²) >= 11 is 0. The maximum absolute atomic E-state index is 12.8. The Kier molecular flexibility index (Phi) is 4.10. The van der Waals surface area contributed by atoms with E-state index in [4.69, 9.17) is 5.11 Å². The summed E-state index contributed by atoms with van der Waals surface area (Å²) in [6.45, 7) is 0.876. The molecule has 0 aromatic heterocycles. The minimum atomic E-state index is -1.13. The summed E-state index contributed by atoms with van der Waals surface area (Å²) in [6.07, 6.45) is 2.49. The average Bonchev–Trinajstić information content (AvgIpc) is 3.29. The van der Waals surface area contributed by atoms with Gasteiger partial charge in [-0.1, -0.05) is 24.3 Å². The molecular weight excluding hydrogens is 378 g/mol. The van der Waals surface area contributed by atoms with Gasteiger partial charge < -0.3 is 10.0 Å². The van der Waals surface area contributed by atoms with Crippen LogP contribution in [0.15, 0.2) is 72.3 Å². The van der Waals surface area contributed by atoms with Crippen molar-refractivity contribution >= 4 is 35.0 Å². The third-order valence-electron chi connectivity index (χ3n) is 5.62. The van der Waals surface area contributed by atoms with Gasteiger partial charge in [-0.15, -0.1) is 0 Å². The number of ketones is 2. The molecule has 1 aliphatic carbocycles. The van der Waals surface area contributed by atoms with Gasteiger partial charge in [-0.05, 0) is 66.1 Å². The van der Waals surface area contributed by atoms with Crippen molar-refractivity contribution in [3.63, 3.8) is 0 Å². The van der Waals surface area contributed by atoms with Gasteiger partial charge in [0.1, 0.15) is 0 Å². The van der Waals surface area contributed by atoms with Crippen molar-refractivity contribution in [2.24, 2.45) is 0 Å². The zero-order chi connectivity index (χ0) is 20.8. The summed E-state index contributed by atoms with van der Waals surface area (Å²) in [5.74, 6) is -1.92. The van der Waals surface area contributed by atoms with Crippen LogP contribution in [0.2, 0.25) is 0 Å². The van der Waals surface area contributed by atoms with Gasteiger partial charge in [-0.2, -0.15) is 0 Å². The highest BCUT2D eigenvalue weighted by molar-refractivity contribution is 6.41. The zero-order valence-electron chi connectivity index (χ0n) is 16.0. The van der Waals surface area contributed by atoms with E-state index >= 15 is 0 Å². The average molecular weight is 395 g/mol. The molecule has 0 spiro atoms. The lowest BCUT2D eigenvalue weighted by molar-refractivity contribution is 0.0696. The standard InChI is InChI=1S/C25H17NO4/c27-23-19-8-7-17(25(29)30)14-20(19)24(28)21(23)13-15-6-9-22-16(12-15)10-11-26(22)18-4-2-1-3-5-18/h1-9,12-14H,10-11H2,(H,29,30). The Labute approximate surface area is 172 Å². The predicted molar refractivity (Wildman–Crippen MR) is 114 cm³/mol. The molecular formula is C25H17NO4. The SMILES string of the molecule is O=C(O)c1ccc2c(c1)C(=O)C(=Cc1ccc3c(c1)CCN3c1ccccc1)C2=O. The number of rotatable bonds is 3. The molecule has 0 atom stereocenters. The number of aromatic carboxylic acids is 1. The molecule has 5 nitrogen and oxygen atoms in total. The largest absolute Gasteiger partial charge is 0.478 e. The van der Waals surface area contributed by atoms with Crippen molar-refractivity contribution in [3.8, 4) is 0 Å². The first kappa shape index (κ1) is 18.1. The van der Waals surface area contributed by atoms with E-state index in [1.165, 1.54) is 18.2 Å². The third-order valence-corrected chi connectivity index (χ3v) is 5.62. The molecule has 3 aromatic rings. The van der Waals surface area contributed by atoms with Gasteiger partial charge in [0.25, 0.3) is 0 Å². The number of carboxylic acid groups (broad SMARTS) is 1. The monoisotopic (exact) mass is 395 g/mol. The van der Waals surface area contributed by atoms with E-state index in [9.17, 15) is 14.4 Å². The molecule has 30 heavy (non-hydrogen) atoms. The quantitative estimate of drug-likeness (QED) is 0.521. The third kappa shape index (κ3) is 2.83. The van der Waals surface area contributed by atoms with Gasteiger partial charge in [0.05, 0.1) is 11.1 Å². The molecule has 1 N–H and O–H groups in total. The van der Waals surface area contributed by atoms with E-state index in [2.05, 4.69) is 17.0 Å². The van der Waals surface area contributed by atoms with Crippen molar-refractivity contribution < 1.29 is 19.5 Å². The van der Waals surface area contributed by atoms with Crippen LogP contribution in [0.1, 0.15) is 42.2 Å². The van der Waals surface area contributed by atoms with Gasteiger partial charge in [0.2, 0.25) is 0 Å². The lowest BCUT2D eigenvalue weighted by Crippen LogP contribution is -2.12. The molecule has 1 heterocycles. The molecule has 3 aromatic carbocycles. The van der Waals surface area contributed by atoms with Gasteiger partial charge in [0, 0.05) is 29.0 Å².